The second-order valence-electron chi connectivity index (χ2n) is 7.24. The van der Waals surface area contributed by atoms with Crippen molar-refractivity contribution in [3.8, 4) is 0 Å². The molecule has 0 saturated heterocycles. The molecule has 1 aliphatic carbocycles. The topological polar surface area (TPSA) is 37.3 Å². The van der Waals surface area contributed by atoms with E-state index in [1.54, 1.807) is 11.8 Å². The molecule has 3 atom stereocenters. The van der Waals surface area contributed by atoms with E-state index in [1.165, 1.54) is 10.5 Å². The van der Waals surface area contributed by atoms with Crippen molar-refractivity contribution in [3.05, 3.63) is 29.8 Å². The SMILES string of the molecule is Cc1ccccc1SC1CC(C(C)(C)C)CCC1C(=O)O. The van der Waals surface area contributed by atoms with Gasteiger partial charge < -0.3 is 5.11 Å². The van der Waals surface area contributed by atoms with Crippen molar-refractivity contribution >= 4 is 17.7 Å². The average molecular weight is 306 g/mol. The van der Waals surface area contributed by atoms with Crippen LogP contribution in [0, 0.1) is 24.2 Å². The van der Waals surface area contributed by atoms with E-state index in [0.717, 1.165) is 19.3 Å². The third kappa shape index (κ3) is 4.03. The Morgan fingerprint density at radius 1 is 1.24 bits per heavy atom. The van der Waals surface area contributed by atoms with Gasteiger partial charge in [0.05, 0.1) is 5.92 Å². The number of aryl methyl sites for hydroxylation is 1. The van der Waals surface area contributed by atoms with Gasteiger partial charge in [-0.25, -0.2) is 0 Å². The van der Waals surface area contributed by atoms with Crippen molar-refractivity contribution in [3.63, 3.8) is 0 Å². The molecule has 0 amide bonds. The first-order valence-corrected chi connectivity index (χ1v) is 8.62. The molecule has 1 saturated carbocycles. The maximum Gasteiger partial charge on any atom is 0.307 e. The van der Waals surface area contributed by atoms with E-state index in [-0.39, 0.29) is 16.6 Å². The molecule has 2 rings (SSSR count). The molecule has 3 heteroatoms. The van der Waals surface area contributed by atoms with E-state index in [0.29, 0.717) is 5.92 Å². The Kier molecular flexibility index (Phi) is 5.03. The lowest BCUT2D eigenvalue weighted by molar-refractivity contribution is -0.143. The van der Waals surface area contributed by atoms with Crippen LogP contribution in [0.25, 0.3) is 0 Å². The lowest BCUT2D eigenvalue weighted by Crippen LogP contribution is -2.37. The third-order valence-electron chi connectivity index (χ3n) is 4.71. The first-order chi connectivity index (χ1) is 9.79. The average Bonchev–Trinajstić information content (AvgIpc) is 2.40. The summed E-state index contributed by atoms with van der Waals surface area (Å²) < 4.78 is 0. The number of thioether (sulfide) groups is 1. The van der Waals surface area contributed by atoms with Gasteiger partial charge in [-0.1, -0.05) is 39.0 Å². The van der Waals surface area contributed by atoms with Crippen molar-refractivity contribution in [2.75, 3.05) is 0 Å². The second-order valence-corrected chi connectivity index (χ2v) is 8.52. The number of carboxylic acid groups (broad SMARTS) is 1. The molecule has 1 aromatic rings. The summed E-state index contributed by atoms with van der Waals surface area (Å²) in [5.41, 5.74) is 1.50. The third-order valence-corrected chi connectivity index (χ3v) is 6.24. The molecule has 2 nitrogen and oxygen atoms in total. The summed E-state index contributed by atoms with van der Waals surface area (Å²) >= 11 is 1.77. The lowest BCUT2D eigenvalue weighted by Gasteiger charge is -2.40. The van der Waals surface area contributed by atoms with Crippen molar-refractivity contribution in [2.24, 2.45) is 17.3 Å². The van der Waals surface area contributed by atoms with Gasteiger partial charge in [0.1, 0.15) is 0 Å². The smallest absolute Gasteiger partial charge is 0.307 e. The predicted octanol–water partition coefficient (Wildman–Crippen LogP) is 5.00. The minimum atomic E-state index is -0.631. The monoisotopic (exact) mass is 306 g/mol. The maximum atomic E-state index is 11.6. The van der Waals surface area contributed by atoms with Gasteiger partial charge in [0.2, 0.25) is 0 Å². The van der Waals surface area contributed by atoms with Crippen LogP contribution in [0.5, 0.6) is 0 Å². The molecule has 0 bridgehead atoms. The quantitative estimate of drug-likeness (QED) is 0.853. The summed E-state index contributed by atoms with van der Waals surface area (Å²) in [7, 11) is 0. The van der Waals surface area contributed by atoms with Gasteiger partial charge in [-0.3, -0.25) is 4.79 Å². The fourth-order valence-electron chi connectivity index (χ4n) is 3.18. The molecular weight excluding hydrogens is 280 g/mol. The molecule has 1 fully saturated rings. The second kappa shape index (κ2) is 6.43. The first-order valence-electron chi connectivity index (χ1n) is 7.74. The number of rotatable bonds is 3. The zero-order valence-corrected chi connectivity index (χ0v) is 14.2. The highest BCUT2D eigenvalue weighted by Gasteiger charge is 2.39. The zero-order chi connectivity index (χ0) is 15.6. The highest BCUT2D eigenvalue weighted by Crippen LogP contribution is 2.46. The molecular formula is C18H26O2S. The normalized spacial score (nSPS) is 26.6. The van der Waals surface area contributed by atoms with Crippen LogP contribution in [0.1, 0.15) is 45.6 Å². The van der Waals surface area contributed by atoms with E-state index < -0.39 is 5.97 Å². The van der Waals surface area contributed by atoms with Crippen LogP contribution >= 0.6 is 11.8 Å². The minimum absolute atomic E-state index is 0.182. The van der Waals surface area contributed by atoms with Crippen LogP contribution in [-0.4, -0.2) is 16.3 Å². The van der Waals surface area contributed by atoms with Crippen LogP contribution in [0.15, 0.2) is 29.2 Å². The van der Waals surface area contributed by atoms with Crippen molar-refractivity contribution in [1.82, 2.24) is 0 Å². The fraction of sp³-hybridized carbons (Fsp3) is 0.611. The Morgan fingerprint density at radius 2 is 1.90 bits per heavy atom. The van der Waals surface area contributed by atoms with E-state index in [1.807, 2.05) is 12.1 Å². The molecule has 116 valence electrons. The standard InChI is InChI=1S/C18H26O2S/c1-12-7-5-6-8-15(12)21-16-11-13(18(2,3)4)9-10-14(16)17(19)20/h5-8,13-14,16H,9-11H2,1-4H3,(H,19,20). The number of benzene rings is 1. The van der Waals surface area contributed by atoms with Crippen LogP contribution in [0.4, 0.5) is 0 Å². The summed E-state index contributed by atoms with van der Waals surface area (Å²) in [5.74, 6) is -0.240. The van der Waals surface area contributed by atoms with Gasteiger partial charge in [-0.2, -0.15) is 0 Å². The number of aliphatic carboxylic acids is 1. The lowest BCUT2D eigenvalue weighted by atomic mass is 9.69. The fourth-order valence-corrected chi connectivity index (χ4v) is 4.66. The Balaban J connectivity index is 2.18. The Bertz CT molecular complexity index is 504. The summed E-state index contributed by atoms with van der Waals surface area (Å²) in [5, 5.41) is 9.71. The molecule has 0 spiro atoms. The maximum absolute atomic E-state index is 11.6. The molecule has 0 radical (unpaired) electrons. The number of hydrogen-bond donors (Lipinski definition) is 1. The zero-order valence-electron chi connectivity index (χ0n) is 13.4. The Morgan fingerprint density at radius 3 is 2.48 bits per heavy atom. The summed E-state index contributed by atoms with van der Waals surface area (Å²) in [4.78, 5) is 12.8. The molecule has 0 aliphatic heterocycles. The largest absolute Gasteiger partial charge is 0.481 e. The summed E-state index contributed by atoms with van der Waals surface area (Å²) in [6.07, 6.45) is 2.84. The van der Waals surface area contributed by atoms with Crippen LogP contribution in [0.3, 0.4) is 0 Å². The molecule has 1 aromatic carbocycles. The van der Waals surface area contributed by atoms with Gasteiger partial charge in [0.25, 0.3) is 0 Å². The Labute approximate surface area is 132 Å². The van der Waals surface area contributed by atoms with Gasteiger partial charge in [0, 0.05) is 10.1 Å². The van der Waals surface area contributed by atoms with Crippen molar-refractivity contribution in [1.29, 1.82) is 0 Å². The van der Waals surface area contributed by atoms with Gasteiger partial charge in [-0.15, -0.1) is 11.8 Å². The highest BCUT2D eigenvalue weighted by molar-refractivity contribution is 8.00. The van der Waals surface area contributed by atoms with Crippen LogP contribution in [-0.2, 0) is 4.79 Å². The molecule has 1 N–H and O–H groups in total. The van der Waals surface area contributed by atoms with Crippen LogP contribution in [0.2, 0.25) is 0 Å². The van der Waals surface area contributed by atoms with Gasteiger partial charge in [-0.05, 0) is 49.1 Å². The van der Waals surface area contributed by atoms with Crippen LogP contribution < -0.4 is 0 Å². The molecule has 1 aliphatic rings. The van der Waals surface area contributed by atoms with Crippen molar-refractivity contribution < 1.29 is 9.90 Å². The number of hydrogen-bond acceptors (Lipinski definition) is 2. The molecule has 0 aromatic heterocycles. The first kappa shape index (κ1) is 16.4. The summed E-state index contributed by atoms with van der Waals surface area (Å²) in [6, 6.07) is 8.28. The summed E-state index contributed by atoms with van der Waals surface area (Å²) in [6.45, 7) is 8.92. The minimum Gasteiger partial charge on any atom is -0.481 e. The van der Waals surface area contributed by atoms with Gasteiger partial charge >= 0.3 is 5.97 Å². The molecule has 0 heterocycles. The molecule has 21 heavy (non-hydrogen) atoms. The molecule has 3 unspecified atom stereocenters. The van der Waals surface area contributed by atoms with E-state index in [2.05, 4.69) is 39.8 Å². The van der Waals surface area contributed by atoms with E-state index in [4.69, 9.17) is 0 Å². The van der Waals surface area contributed by atoms with Gasteiger partial charge in [0.15, 0.2) is 0 Å². The number of carbonyl (C=O) groups is 1. The van der Waals surface area contributed by atoms with Crippen molar-refractivity contribution in [2.45, 2.75) is 57.1 Å². The van der Waals surface area contributed by atoms with E-state index >= 15 is 0 Å². The Hall–Kier alpha value is -0.960. The van der Waals surface area contributed by atoms with E-state index in [9.17, 15) is 9.90 Å². The predicted molar refractivity (Wildman–Crippen MR) is 88.7 cm³/mol. The number of carboxylic acids is 1. The highest BCUT2D eigenvalue weighted by atomic mass is 32.2.